The maximum Gasteiger partial charge on any atom is 0.407 e. The van der Waals surface area contributed by atoms with E-state index in [-0.39, 0.29) is 11.9 Å². The highest BCUT2D eigenvalue weighted by molar-refractivity contribution is 5.99. The van der Waals surface area contributed by atoms with E-state index < -0.39 is 29.6 Å². The monoisotopic (exact) mass is 312 g/mol. The van der Waals surface area contributed by atoms with E-state index in [0.717, 1.165) is 25.0 Å². The summed E-state index contributed by atoms with van der Waals surface area (Å²) < 4.78 is 80.3. The summed E-state index contributed by atoms with van der Waals surface area (Å²) in [6.07, 6.45) is -9.93. The summed E-state index contributed by atoms with van der Waals surface area (Å²) in [6, 6.07) is 4.39. The molecule has 2 rings (SSSR count). The van der Waals surface area contributed by atoms with Crippen LogP contribution in [0.1, 0.15) is 23.2 Å². The Hall–Kier alpha value is -1.73. The van der Waals surface area contributed by atoms with Crippen LogP contribution in [-0.2, 0) is 0 Å². The largest absolute Gasteiger partial charge is 0.490 e. The fourth-order valence-corrected chi connectivity index (χ4v) is 1.75. The van der Waals surface area contributed by atoms with Gasteiger partial charge in [0.2, 0.25) is 5.92 Å². The van der Waals surface area contributed by atoms with Crippen LogP contribution in [0.15, 0.2) is 24.3 Å². The van der Waals surface area contributed by atoms with Crippen LogP contribution in [0.4, 0.5) is 26.3 Å². The molecule has 1 aliphatic carbocycles. The first-order valence-corrected chi connectivity index (χ1v) is 6.03. The lowest BCUT2D eigenvalue weighted by Gasteiger charge is -2.21. The van der Waals surface area contributed by atoms with E-state index in [2.05, 4.69) is 0 Å². The van der Waals surface area contributed by atoms with Gasteiger partial charge in [-0.05, 0) is 25.0 Å². The molecule has 0 saturated heterocycles. The molecule has 0 aromatic heterocycles. The van der Waals surface area contributed by atoms with Gasteiger partial charge < -0.3 is 4.74 Å². The minimum atomic E-state index is -5.69. The SMILES string of the molecule is O=C(c1cccc(OC2CC2)c1)C(C(F)(F)F)C(F)(F)F. The Morgan fingerprint density at radius 2 is 1.67 bits per heavy atom. The molecule has 0 amide bonds. The molecule has 8 heteroatoms. The molecule has 0 N–H and O–H groups in total. The van der Waals surface area contributed by atoms with Gasteiger partial charge in [-0.15, -0.1) is 0 Å². The van der Waals surface area contributed by atoms with E-state index in [0.29, 0.717) is 0 Å². The van der Waals surface area contributed by atoms with Gasteiger partial charge in [0.25, 0.3) is 0 Å². The van der Waals surface area contributed by atoms with Crippen LogP contribution in [0.3, 0.4) is 0 Å². The molecule has 116 valence electrons. The first-order valence-electron chi connectivity index (χ1n) is 6.03. The Labute approximate surface area is 115 Å². The number of ether oxygens (including phenoxy) is 1. The average molecular weight is 312 g/mol. The Morgan fingerprint density at radius 1 is 1.10 bits per heavy atom. The minimum absolute atomic E-state index is 0.0867. The number of hydrogen-bond acceptors (Lipinski definition) is 2. The molecule has 1 aliphatic rings. The zero-order valence-electron chi connectivity index (χ0n) is 10.5. The van der Waals surface area contributed by atoms with Gasteiger partial charge >= 0.3 is 12.4 Å². The number of carbonyl (C=O) groups excluding carboxylic acids is 1. The summed E-state index contributed by atoms with van der Waals surface area (Å²) in [7, 11) is 0. The van der Waals surface area contributed by atoms with E-state index in [4.69, 9.17) is 4.74 Å². The maximum atomic E-state index is 12.5. The number of rotatable bonds is 4. The summed E-state index contributed by atoms with van der Waals surface area (Å²) in [5, 5.41) is 0. The smallest absolute Gasteiger partial charge is 0.407 e. The van der Waals surface area contributed by atoms with Crippen molar-refractivity contribution < 1.29 is 35.9 Å². The van der Waals surface area contributed by atoms with Gasteiger partial charge in [0.1, 0.15) is 5.75 Å². The molecule has 0 radical (unpaired) electrons. The fraction of sp³-hybridized carbons (Fsp3) is 0.462. The van der Waals surface area contributed by atoms with E-state index in [1.54, 1.807) is 0 Å². The van der Waals surface area contributed by atoms with Crippen molar-refractivity contribution in [2.24, 2.45) is 5.92 Å². The van der Waals surface area contributed by atoms with Crippen molar-refractivity contribution in [2.45, 2.75) is 31.3 Å². The van der Waals surface area contributed by atoms with Gasteiger partial charge in [-0.3, -0.25) is 4.79 Å². The molecule has 0 spiro atoms. The Balaban J connectivity index is 2.28. The van der Waals surface area contributed by atoms with Crippen LogP contribution in [-0.4, -0.2) is 24.2 Å². The highest BCUT2D eigenvalue weighted by atomic mass is 19.4. The number of alkyl halides is 6. The summed E-state index contributed by atoms with van der Waals surface area (Å²) in [6.45, 7) is 0. The topological polar surface area (TPSA) is 26.3 Å². The van der Waals surface area contributed by atoms with Gasteiger partial charge in [-0.25, -0.2) is 0 Å². The predicted molar refractivity (Wildman–Crippen MR) is 60.0 cm³/mol. The van der Waals surface area contributed by atoms with Crippen molar-refractivity contribution in [3.63, 3.8) is 0 Å². The second-order valence-electron chi connectivity index (χ2n) is 4.73. The lowest BCUT2D eigenvalue weighted by Crippen LogP contribution is -2.42. The number of benzene rings is 1. The fourth-order valence-electron chi connectivity index (χ4n) is 1.75. The van der Waals surface area contributed by atoms with Crippen molar-refractivity contribution in [1.82, 2.24) is 0 Å². The zero-order chi connectivity index (χ0) is 15.8. The lowest BCUT2D eigenvalue weighted by molar-refractivity contribution is -0.264. The van der Waals surface area contributed by atoms with E-state index in [1.165, 1.54) is 12.1 Å². The Bertz CT molecular complexity index is 516. The molecule has 1 saturated carbocycles. The molecular weight excluding hydrogens is 302 g/mol. The van der Waals surface area contributed by atoms with Crippen LogP contribution < -0.4 is 4.74 Å². The second-order valence-corrected chi connectivity index (χ2v) is 4.73. The molecule has 0 bridgehead atoms. The van der Waals surface area contributed by atoms with Gasteiger partial charge in [0, 0.05) is 5.56 Å². The van der Waals surface area contributed by atoms with Crippen molar-refractivity contribution in [2.75, 3.05) is 0 Å². The van der Waals surface area contributed by atoms with E-state index in [1.807, 2.05) is 0 Å². The average Bonchev–Trinajstić information content (AvgIpc) is 3.09. The Morgan fingerprint density at radius 3 is 2.14 bits per heavy atom. The number of hydrogen-bond donors (Lipinski definition) is 0. The van der Waals surface area contributed by atoms with Crippen LogP contribution >= 0.6 is 0 Å². The van der Waals surface area contributed by atoms with Gasteiger partial charge in [0.15, 0.2) is 5.78 Å². The van der Waals surface area contributed by atoms with Crippen molar-refractivity contribution in [3.05, 3.63) is 29.8 Å². The molecule has 1 fully saturated rings. The molecular formula is C13H10F6O2. The second kappa shape index (κ2) is 5.23. The third kappa shape index (κ3) is 3.89. The maximum absolute atomic E-state index is 12.5. The van der Waals surface area contributed by atoms with Crippen LogP contribution in [0.2, 0.25) is 0 Å². The molecule has 1 aromatic rings. The summed E-state index contributed by atoms with van der Waals surface area (Å²) in [5.74, 6) is -5.97. The van der Waals surface area contributed by atoms with E-state index in [9.17, 15) is 31.1 Å². The van der Waals surface area contributed by atoms with Gasteiger partial charge in [-0.2, -0.15) is 26.3 Å². The van der Waals surface area contributed by atoms with Crippen molar-refractivity contribution in [1.29, 1.82) is 0 Å². The standard InChI is InChI=1S/C13H10F6O2/c14-12(15,16)11(13(17,18)19)10(20)7-2-1-3-9(6-7)21-8-4-5-8/h1-3,6,8,11H,4-5H2. The summed E-state index contributed by atoms with van der Waals surface area (Å²) in [5.41, 5.74) is -0.673. The van der Waals surface area contributed by atoms with Crippen LogP contribution in [0.25, 0.3) is 0 Å². The predicted octanol–water partition coefficient (Wildman–Crippen LogP) is 4.15. The van der Waals surface area contributed by atoms with E-state index >= 15 is 0 Å². The third-order valence-corrected chi connectivity index (χ3v) is 2.86. The lowest BCUT2D eigenvalue weighted by atomic mass is 9.96. The first-order chi connectivity index (χ1) is 9.59. The van der Waals surface area contributed by atoms with Crippen molar-refractivity contribution >= 4 is 5.78 Å². The first kappa shape index (κ1) is 15.7. The minimum Gasteiger partial charge on any atom is -0.490 e. The number of Topliss-reactive ketones (excluding diaryl/α,β-unsaturated/α-hetero) is 1. The van der Waals surface area contributed by atoms with Crippen molar-refractivity contribution in [3.8, 4) is 5.75 Å². The van der Waals surface area contributed by atoms with Gasteiger partial charge in [0.05, 0.1) is 6.10 Å². The highest BCUT2D eigenvalue weighted by Gasteiger charge is 2.60. The quantitative estimate of drug-likeness (QED) is 0.616. The number of carbonyl (C=O) groups is 1. The number of ketones is 1. The molecule has 0 unspecified atom stereocenters. The number of halogens is 6. The molecule has 21 heavy (non-hydrogen) atoms. The Kier molecular flexibility index (Phi) is 3.90. The van der Waals surface area contributed by atoms with Crippen LogP contribution in [0, 0.1) is 5.92 Å². The molecule has 0 atom stereocenters. The molecule has 0 heterocycles. The normalized spacial score (nSPS) is 16.1. The molecule has 1 aromatic carbocycles. The summed E-state index contributed by atoms with van der Waals surface area (Å²) in [4.78, 5) is 11.6. The highest BCUT2D eigenvalue weighted by Crippen LogP contribution is 2.41. The van der Waals surface area contributed by atoms with Gasteiger partial charge in [-0.1, -0.05) is 12.1 Å². The zero-order valence-corrected chi connectivity index (χ0v) is 10.5. The third-order valence-electron chi connectivity index (χ3n) is 2.86. The summed E-state index contributed by atoms with van der Waals surface area (Å²) >= 11 is 0. The molecule has 0 aliphatic heterocycles. The van der Waals surface area contributed by atoms with Crippen LogP contribution in [0.5, 0.6) is 5.75 Å². The molecule has 2 nitrogen and oxygen atoms in total.